The van der Waals surface area contributed by atoms with Gasteiger partial charge in [-0.1, -0.05) is 0 Å². The number of thioether (sulfide) groups is 1. The molecule has 0 saturated carbocycles. The van der Waals surface area contributed by atoms with Gasteiger partial charge < -0.3 is 14.9 Å². The molecule has 0 radical (unpaired) electrons. The third kappa shape index (κ3) is 3.52. The summed E-state index contributed by atoms with van der Waals surface area (Å²) in [5, 5.41) is 10.1. The van der Waals surface area contributed by atoms with Crippen LogP contribution in [0.15, 0.2) is 34.0 Å². The van der Waals surface area contributed by atoms with Gasteiger partial charge in [-0.05, 0) is 37.6 Å². The summed E-state index contributed by atoms with van der Waals surface area (Å²) >= 11 is 1.55. The van der Waals surface area contributed by atoms with Crippen molar-refractivity contribution in [1.29, 1.82) is 0 Å². The summed E-state index contributed by atoms with van der Waals surface area (Å²) in [6.45, 7) is 5.29. The van der Waals surface area contributed by atoms with Gasteiger partial charge in [0.2, 0.25) is 0 Å². The molecular formula is C23H22F2N4O3S. The Morgan fingerprint density at radius 1 is 1.21 bits per heavy atom. The first-order chi connectivity index (χ1) is 15.8. The van der Waals surface area contributed by atoms with E-state index in [0.29, 0.717) is 54.4 Å². The Kier molecular flexibility index (Phi) is 5.27. The minimum Gasteiger partial charge on any atom is -0.465 e. The Bertz CT molecular complexity index is 1360. The molecule has 1 saturated heterocycles. The lowest BCUT2D eigenvalue weighted by molar-refractivity contribution is 0.136. The summed E-state index contributed by atoms with van der Waals surface area (Å²) in [5.74, 6) is -0.146. The summed E-state index contributed by atoms with van der Waals surface area (Å²) < 4.78 is 29.9. The van der Waals surface area contributed by atoms with Gasteiger partial charge in [0.15, 0.2) is 0 Å². The molecule has 1 atom stereocenters. The number of hydrogen-bond acceptors (Lipinski definition) is 5. The largest absolute Gasteiger partial charge is 0.465 e. The molecule has 1 fully saturated rings. The van der Waals surface area contributed by atoms with Crippen LogP contribution in [0.1, 0.15) is 12.5 Å². The number of carbonyl (C=O) groups is 1. The van der Waals surface area contributed by atoms with Gasteiger partial charge in [-0.25, -0.2) is 18.4 Å². The number of benzene rings is 2. The molecule has 7 nitrogen and oxygen atoms in total. The number of halogens is 2. The number of rotatable bonds is 2. The van der Waals surface area contributed by atoms with Crippen LogP contribution in [-0.2, 0) is 6.54 Å². The highest BCUT2D eigenvalue weighted by Crippen LogP contribution is 2.44. The molecule has 0 aliphatic carbocycles. The molecule has 0 bridgehead atoms. The second-order valence-electron chi connectivity index (χ2n) is 8.41. The molecule has 3 heterocycles. The SMILES string of the molecule is Cc1cc2c(N3CCN(C(=O)O)C[C@@H]3C)nc(=O)n3c2c(c1-c1ccc(F)cc1F)SCC3. The fourth-order valence-electron chi connectivity index (χ4n) is 4.80. The number of amides is 1. The summed E-state index contributed by atoms with van der Waals surface area (Å²) in [4.78, 5) is 32.9. The van der Waals surface area contributed by atoms with Gasteiger partial charge in [-0.3, -0.25) is 4.57 Å². The second-order valence-corrected chi connectivity index (χ2v) is 9.51. The quantitative estimate of drug-likeness (QED) is 0.609. The topological polar surface area (TPSA) is 78.7 Å². The molecule has 2 aliphatic rings. The van der Waals surface area contributed by atoms with E-state index in [-0.39, 0.29) is 11.7 Å². The maximum atomic E-state index is 14.8. The van der Waals surface area contributed by atoms with Crippen molar-refractivity contribution >= 4 is 34.6 Å². The zero-order valence-corrected chi connectivity index (χ0v) is 19.0. The highest BCUT2D eigenvalue weighted by molar-refractivity contribution is 7.99. The van der Waals surface area contributed by atoms with Crippen molar-refractivity contribution in [2.24, 2.45) is 0 Å². The first kappa shape index (κ1) is 21.7. The molecule has 0 unspecified atom stereocenters. The van der Waals surface area contributed by atoms with Crippen LogP contribution in [0.3, 0.4) is 0 Å². The van der Waals surface area contributed by atoms with Crippen molar-refractivity contribution in [1.82, 2.24) is 14.5 Å². The predicted octanol–water partition coefficient (Wildman–Crippen LogP) is 3.94. The highest BCUT2D eigenvalue weighted by Gasteiger charge is 2.31. The van der Waals surface area contributed by atoms with Crippen molar-refractivity contribution in [2.75, 3.05) is 30.3 Å². The van der Waals surface area contributed by atoms with Gasteiger partial charge in [-0.2, -0.15) is 4.98 Å². The van der Waals surface area contributed by atoms with Crippen LogP contribution in [0.5, 0.6) is 0 Å². The minimum atomic E-state index is -0.968. The Hall–Kier alpha value is -3.14. The number of piperazine rings is 1. The standard InChI is InChI=1S/C23H22F2N4O3S/c1-12-9-16-19-20(18(12)15-4-3-14(24)10-17(15)25)33-8-7-29(19)22(30)26-21(16)28-6-5-27(23(31)32)11-13(28)2/h3-4,9-10,13H,5-8,11H2,1-2H3,(H,31,32)/t13-/m0/s1. The molecule has 2 aromatic carbocycles. The van der Waals surface area contributed by atoms with Crippen molar-refractivity contribution in [2.45, 2.75) is 31.3 Å². The number of aromatic nitrogens is 2. The van der Waals surface area contributed by atoms with Crippen molar-refractivity contribution < 1.29 is 18.7 Å². The average molecular weight is 473 g/mol. The van der Waals surface area contributed by atoms with Crippen molar-refractivity contribution in [3.8, 4) is 11.1 Å². The lowest BCUT2D eigenvalue weighted by Crippen LogP contribution is -2.54. The van der Waals surface area contributed by atoms with Crippen LogP contribution in [0, 0.1) is 18.6 Å². The molecule has 2 aliphatic heterocycles. The third-order valence-corrected chi connectivity index (χ3v) is 7.40. The van der Waals surface area contributed by atoms with Crippen LogP contribution in [0.2, 0.25) is 0 Å². The lowest BCUT2D eigenvalue weighted by atomic mass is 9.97. The molecule has 172 valence electrons. The van der Waals surface area contributed by atoms with Crippen molar-refractivity contribution in [3.63, 3.8) is 0 Å². The van der Waals surface area contributed by atoms with Crippen LogP contribution in [0.4, 0.5) is 19.4 Å². The first-order valence-electron chi connectivity index (χ1n) is 10.7. The van der Waals surface area contributed by atoms with Gasteiger partial charge in [0.25, 0.3) is 0 Å². The Labute approximate surface area is 192 Å². The van der Waals surface area contributed by atoms with E-state index in [2.05, 4.69) is 4.98 Å². The minimum absolute atomic E-state index is 0.172. The van der Waals surface area contributed by atoms with E-state index in [1.54, 1.807) is 16.3 Å². The summed E-state index contributed by atoms with van der Waals surface area (Å²) in [6.07, 6.45) is -0.968. The summed E-state index contributed by atoms with van der Waals surface area (Å²) in [5.41, 5.74) is 2.04. The second kappa shape index (κ2) is 8.02. The fraction of sp³-hybridized carbons (Fsp3) is 0.348. The van der Waals surface area contributed by atoms with Crippen LogP contribution >= 0.6 is 11.8 Å². The molecular weight excluding hydrogens is 450 g/mol. The maximum absolute atomic E-state index is 14.8. The smallest absolute Gasteiger partial charge is 0.407 e. The number of carboxylic acid groups (broad SMARTS) is 1. The van der Waals surface area contributed by atoms with Gasteiger partial charge in [-0.15, -0.1) is 11.8 Å². The van der Waals surface area contributed by atoms with E-state index in [0.717, 1.165) is 21.9 Å². The summed E-state index contributed by atoms with van der Waals surface area (Å²) in [6, 6.07) is 5.26. The highest BCUT2D eigenvalue weighted by atomic mass is 32.2. The normalized spacial score (nSPS) is 18.1. The molecule has 10 heteroatoms. The lowest BCUT2D eigenvalue weighted by Gasteiger charge is -2.40. The van der Waals surface area contributed by atoms with E-state index in [4.69, 9.17) is 0 Å². The molecule has 5 rings (SSSR count). The van der Waals surface area contributed by atoms with Gasteiger partial charge in [0.1, 0.15) is 17.5 Å². The number of anilines is 1. The van der Waals surface area contributed by atoms with Gasteiger partial charge in [0, 0.05) is 65.4 Å². The van der Waals surface area contributed by atoms with Crippen LogP contribution in [0.25, 0.3) is 22.0 Å². The third-order valence-electron chi connectivity index (χ3n) is 6.33. The maximum Gasteiger partial charge on any atom is 0.407 e. The molecule has 3 aromatic rings. The molecule has 1 N–H and O–H groups in total. The predicted molar refractivity (Wildman–Crippen MR) is 123 cm³/mol. The first-order valence-corrected chi connectivity index (χ1v) is 11.7. The fourth-order valence-corrected chi connectivity index (χ4v) is 6.05. The summed E-state index contributed by atoms with van der Waals surface area (Å²) in [7, 11) is 0. The van der Waals surface area contributed by atoms with E-state index in [9.17, 15) is 23.5 Å². The monoisotopic (exact) mass is 472 g/mol. The average Bonchev–Trinajstić information content (AvgIpc) is 2.77. The molecule has 0 spiro atoms. The van der Waals surface area contributed by atoms with E-state index >= 15 is 0 Å². The molecule has 1 aromatic heterocycles. The zero-order chi connectivity index (χ0) is 23.4. The van der Waals surface area contributed by atoms with E-state index < -0.39 is 17.7 Å². The number of aryl methyl sites for hydroxylation is 2. The van der Waals surface area contributed by atoms with Crippen LogP contribution < -0.4 is 10.6 Å². The van der Waals surface area contributed by atoms with Crippen molar-refractivity contribution in [3.05, 3.63) is 51.9 Å². The zero-order valence-electron chi connectivity index (χ0n) is 18.1. The number of nitrogens with zero attached hydrogens (tertiary/aromatic N) is 4. The molecule has 33 heavy (non-hydrogen) atoms. The Morgan fingerprint density at radius 3 is 2.70 bits per heavy atom. The molecule has 1 amide bonds. The Balaban J connectivity index is 1.74. The van der Waals surface area contributed by atoms with E-state index in [1.165, 1.54) is 17.0 Å². The Morgan fingerprint density at radius 2 is 2.00 bits per heavy atom. The van der Waals surface area contributed by atoms with E-state index in [1.807, 2.05) is 24.8 Å². The van der Waals surface area contributed by atoms with Crippen LogP contribution in [-0.4, -0.2) is 57.1 Å². The number of hydrogen-bond donors (Lipinski definition) is 1. The van der Waals surface area contributed by atoms with Gasteiger partial charge in [0.05, 0.1) is 5.52 Å². The van der Waals surface area contributed by atoms with Gasteiger partial charge >= 0.3 is 11.8 Å².